The fourth-order valence-electron chi connectivity index (χ4n) is 2.59. The third-order valence-electron chi connectivity index (χ3n) is 3.94. The first-order valence-electron chi connectivity index (χ1n) is 8.05. The Hall–Kier alpha value is -0.890. The summed E-state index contributed by atoms with van der Waals surface area (Å²) in [4.78, 5) is 38.6. The van der Waals surface area contributed by atoms with Crippen LogP contribution in [0.15, 0.2) is 6.20 Å². The van der Waals surface area contributed by atoms with Crippen molar-refractivity contribution in [3.63, 3.8) is 0 Å². The van der Waals surface area contributed by atoms with Gasteiger partial charge in [0.15, 0.2) is 17.9 Å². The maximum absolute atomic E-state index is 13.8. The van der Waals surface area contributed by atoms with Gasteiger partial charge in [-0.1, -0.05) is 0 Å². The van der Waals surface area contributed by atoms with Gasteiger partial charge in [-0.2, -0.15) is 26.8 Å². The first-order valence-corrected chi connectivity index (χ1v) is 13.0. The van der Waals surface area contributed by atoms with E-state index in [-0.39, 0.29) is 10.8 Å². The zero-order chi connectivity index (χ0) is 26.5. The van der Waals surface area contributed by atoms with Crippen molar-refractivity contribution in [3.05, 3.63) is 16.8 Å². The lowest BCUT2D eigenvalue weighted by Crippen LogP contribution is -2.57. The molecule has 1 aliphatic rings. The van der Waals surface area contributed by atoms with Gasteiger partial charge in [-0.25, -0.2) is 18.1 Å². The van der Waals surface area contributed by atoms with Crippen molar-refractivity contribution in [1.29, 1.82) is 0 Å². The van der Waals surface area contributed by atoms with Gasteiger partial charge >= 0.3 is 29.6 Å². The Bertz CT molecular complexity index is 1150. The van der Waals surface area contributed by atoms with Crippen molar-refractivity contribution in [3.8, 4) is 0 Å². The van der Waals surface area contributed by atoms with Crippen LogP contribution in [0.3, 0.4) is 0 Å². The average Bonchev–Trinajstić information content (AvgIpc) is 2.85. The number of aliphatic hydroxyl groups is 2. The van der Waals surface area contributed by atoms with Gasteiger partial charge in [-0.3, -0.25) is 9.09 Å². The molecule has 2 heterocycles. The fraction of sp³-hybridized carbons (Fsp3) is 0.600. The summed E-state index contributed by atoms with van der Waals surface area (Å²) >= 11 is 4.66. The summed E-state index contributed by atoms with van der Waals surface area (Å²) in [6, 6.07) is 0. The molecule has 1 fully saturated rings. The molecule has 0 saturated carbocycles. The monoisotopic (exact) mass is 585 g/mol. The molecule has 0 spiro atoms. The summed E-state index contributed by atoms with van der Waals surface area (Å²) in [6.07, 6.45) is -13.5. The van der Waals surface area contributed by atoms with E-state index in [1.807, 2.05) is 0 Å². The number of rotatable bonds is 8. The van der Waals surface area contributed by atoms with Crippen molar-refractivity contribution in [2.45, 2.75) is 30.2 Å². The second-order valence-electron chi connectivity index (χ2n) is 6.35. The van der Waals surface area contributed by atoms with E-state index in [0.29, 0.717) is 0 Å². The second-order valence-corrected chi connectivity index (χ2v) is 11.1. The zero-order valence-electron chi connectivity index (χ0n) is 15.8. The Morgan fingerprint density at radius 3 is 2.26 bits per heavy atom. The van der Waals surface area contributed by atoms with Crippen molar-refractivity contribution in [2.75, 3.05) is 12.3 Å². The number of halogens is 4. The Morgan fingerprint density at radius 2 is 1.76 bits per heavy atom. The van der Waals surface area contributed by atoms with Gasteiger partial charge in [0.1, 0.15) is 12.2 Å². The quantitative estimate of drug-likeness (QED) is 0.122. The first kappa shape index (κ1) is 29.3. The van der Waals surface area contributed by atoms with E-state index >= 15 is 0 Å². The number of nitrogens with two attached hydrogens (primary N) is 1. The number of hydrogen-bond donors (Lipinski definition) is 7. The van der Waals surface area contributed by atoms with Crippen LogP contribution in [-0.2, 0) is 31.6 Å². The van der Waals surface area contributed by atoms with Gasteiger partial charge in [0.25, 0.3) is 0 Å². The van der Waals surface area contributed by atoms with Crippen molar-refractivity contribution in [2.24, 2.45) is 0 Å². The number of ether oxygens (including phenoxy) is 1. The van der Waals surface area contributed by atoms with E-state index in [2.05, 4.69) is 30.3 Å². The molecule has 0 aromatic carbocycles. The van der Waals surface area contributed by atoms with Crippen LogP contribution in [0.4, 0.5) is 23.4 Å². The molecule has 0 bridgehead atoms. The van der Waals surface area contributed by atoms with Crippen molar-refractivity contribution in [1.82, 2.24) is 9.55 Å². The first-order chi connectivity index (χ1) is 15.1. The van der Waals surface area contributed by atoms with Crippen LogP contribution in [-0.4, -0.2) is 69.9 Å². The normalized spacial score (nSPS) is 29.5. The van der Waals surface area contributed by atoms with Gasteiger partial charge in [-0.05, 0) is 12.2 Å². The summed E-state index contributed by atoms with van der Waals surface area (Å²) in [7, 11) is -17.5. The van der Waals surface area contributed by atoms with Crippen molar-refractivity contribution < 1.29 is 78.9 Å². The van der Waals surface area contributed by atoms with Gasteiger partial charge in [0.2, 0.25) is 10.4 Å². The minimum atomic E-state index is -5.95. The SMILES string of the molecule is Nc1nc(=S)n(C2OC(COP(=O)(O)OP(=O)(O)OP(=O)(O)O)C(O)C2(O)C(F)(F)F)cc1F. The highest BCUT2D eigenvalue weighted by atomic mass is 32.1. The van der Waals surface area contributed by atoms with Crippen LogP contribution < -0.4 is 5.73 Å². The number of alkyl halides is 3. The fourth-order valence-corrected chi connectivity index (χ4v) is 5.86. The molecule has 6 unspecified atom stereocenters. The smallest absolute Gasteiger partial charge is 0.387 e. The predicted molar refractivity (Wildman–Crippen MR) is 98.2 cm³/mol. The van der Waals surface area contributed by atoms with Crippen LogP contribution in [0.2, 0.25) is 0 Å². The third-order valence-corrected chi connectivity index (χ3v) is 8.05. The van der Waals surface area contributed by atoms with Gasteiger partial charge < -0.3 is 40.3 Å². The van der Waals surface area contributed by atoms with Crippen molar-refractivity contribution >= 4 is 41.5 Å². The third kappa shape index (κ3) is 6.45. The standard InChI is InChI=1S/C10H14F4N3O13P3S/c11-3-1-17(8(34)16-6(3)15)7-9(19,10(12,13)14)5(18)4(28-7)2-27-32(23,24)30-33(25,26)29-31(20,21)22/h1,4-5,7,18-19H,2H2,(H,23,24)(H,25,26)(H2,15,16,34)(H2,20,21,22). The molecule has 0 amide bonds. The van der Waals surface area contributed by atoms with Crippen LogP contribution in [0.1, 0.15) is 6.23 Å². The lowest BCUT2D eigenvalue weighted by atomic mass is 9.93. The Kier molecular flexibility index (Phi) is 8.22. The molecule has 2 rings (SSSR count). The number of phosphoric acid groups is 3. The van der Waals surface area contributed by atoms with Crippen LogP contribution >= 0.6 is 35.7 Å². The molecule has 1 aliphatic heterocycles. The molecule has 34 heavy (non-hydrogen) atoms. The average molecular weight is 585 g/mol. The van der Waals surface area contributed by atoms with Gasteiger partial charge in [0.05, 0.1) is 6.61 Å². The van der Waals surface area contributed by atoms with Crippen LogP contribution in [0, 0.1) is 10.6 Å². The zero-order valence-corrected chi connectivity index (χ0v) is 19.3. The van der Waals surface area contributed by atoms with Crippen LogP contribution in [0.5, 0.6) is 0 Å². The summed E-state index contributed by atoms with van der Waals surface area (Å²) in [5.74, 6) is -2.22. The Balaban J connectivity index is 2.32. The van der Waals surface area contributed by atoms with E-state index in [0.717, 1.165) is 0 Å². The molecule has 196 valence electrons. The predicted octanol–water partition coefficient (Wildman–Crippen LogP) is 0.229. The van der Waals surface area contributed by atoms with E-state index in [4.69, 9.17) is 25.2 Å². The molecular weight excluding hydrogens is 571 g/mol. The molecular formula is C10H14F4N3O13P3S. The lowest BCUT2D eigenvalue weighted by molar-refractivity contribution is -0.304. The number of aliphatic hydroxyl groups excluding tert-OH is 1. The number of hydrogen-bond acceptors (Lipinski definition) is 12. The molecule has 1 aromatic heterocycles. The molecule has 0 radical (unpaired) electrons. The van der Waals surface area contributed by atoms with Crippen LogP contribution in [0.25, 0.3) is 0 Å². The van der Waals surface area contributed by atoms with Gasteiger partial charge in [0, 0.05) is 6.20 Å². The molecule has 1 saturated heterocycles. The van der Waals surface area contributed by atoms with E-state index in [9.17, 15) is 46.4 Å². The number of anilines is 1. The molecule has 24 heteroatoms. The molecule has 1 aromatic rings. The van der Waals surface area contributed by atoms with E-state index in [1.54, 1.807) is 0 Å². The highest BCUT2D eigenvalue weighted by Gasteiger charge is 2.71. The maximum Gasteiger partial charge on any atom is 0.490 e. The minimum absolute atomic E-state index is 0.141. The largest absolute Gasteiger partial charge is 0.490 e. The molecule has 8 N–H and O–H groups in total. The summed E-state index contributed by atoms with van der Waals surface area (Å²) < 4.78 is 103. The highest BCUT2D eigenvalue weighted by Crippen LogP contribution is 2.66. The highest BCUT2D eigenvalue weighted by molar-refractivity contribution is 7.71. The Labute approximate surface area is 189 Å². The molecule has 6 atom stereocenters. The second kappa shape index (κ2) is 9.53. The minimum Gasteiger partial charge on any atom is -0.387 e. The van der Waals surface area contributed by atoms with Gasteiger partial charge in [-0.15, -0.1) is 0 Å². The number of phosphoric ester groups is 1. The number of nitrogen functional groups attached to an aromatic ring is 1. The molecule has 0 aliphatic carbocycles. The Morgan fingerprint density at radius 1 is 1.21 bits per heavy atom. The maximum atomic E-state index is 13.8. The summed E-state index contributed by atoms with van der Waals surface area (Å²) in [5, 5.41) is 20.3. The topological polar surface area (TPSA) is 253 Å². The summed E-state index contributed by atoms with van der Waals surface area (Å²) in [5.41, 5.74) is 0.908. The van der Waals surface area contributed by atoms with E-state index in [1.165, 1.54) is 0 Å². The lowest BCUT2D eigenvalue weighted by Gasteiger charge is -2.33. The summed E-state index contributed by atoms with van der Waals surface area (Å²) in [6.45, 7) is -1.57. The number of aromatic nitrogens is 2. The molecule has 16 nitrogen and oxygen atoms in total. The number of nitrogens with zero attached hydrogens (tertiary/aromatic N) is 2. The van der Waals surface area contributed by atoms with E-state index < -0.39 is 76.7 Å².